The molecule has 0 radical (unpaired) electrons. The molecule has 3 nitrogen and oxygen atoms in total. The second-order valence-electron chi connectivity index (χ2n) is 3.06. The Morgan fingerprint density at radius 1 is 1.67 bits per heavy atom. The van der Waals surface area contributed by atoms with E-state index in [0.29, 0.717) is 0 Å². The maximum absolute atomic E-state index is 11.3. The fraction of sp³-hybridized carbons (Fsp3) is 0.444. The number of amides is 1. The van der Waals surface area contributed by atoms with E-state index in [2.05, 4.69) is 37.2 Å². The van der Waals surface area contributed by atoms with Crippen molar-refractivity contribution in [1.82, 2.24) is 5.32 Å². The Bertz CT molecular complexity index is 334. The van der Waals surface area contributed by atoms with Crippen LogP contribution in [-0.4, -0.2) is 12.5 Å². The lowest BCUT2D eigenvalue weighted by Crippen LogP contribution is -2.33. The summed E-state index contributed by atoms with van der Waals surface area (Å²) >= 11 is 8.29. The number of carbonyl (C=O) groups is 1. The SMILES string of the molecule is CCCNC(C(N)=O)c1cc(Br)c(Br)s1. The van der Waals surface area contributed by atoms with E-state index in [-0.39, 0.29) is 5.91 Å². The van der Waals surface area contributed by atoms with Gasteiger partial charge >= 0.3 is 0 Å². The van der Waals surface area contributed by atoms with Crippen LogP contribution >= 0.6 is 43.2 Å². The third kappa shape index (κ3) is 3.55. The van der Waals surface area contributed by atoms with E-state index in [4.69, 9.17) is 5.73 Å². The van der Waals surface area contributed by atoms with Crippen LogP contribution in [0.4, 0.5) is 0 Å². The first kappa shape index (κ1) is 13.2. The van der Waals surface area contributed by atoms with Gasteiger partial charge in [0, 0.05) is 9.35 Å². The lowest BCUT2D eigenvalue weighted by atomic mass is 10.2. The van der Waals surface area contributed by atoms with Crippen molar-refractivity contribution in [2.75, 3.05) is 6.54 Å². The van der Waals surface area contributed by atoms with E-state index in [9.17, 15) is 4.79 Å². The number of thiophene rings is 1. The Labute approximate surface area is 110 Å². The molecule has 0 aliphatic carbocycles. The van der Waals surface area contributed by atoms with Gasteiger partial charge in [-0.25, -0.2) is 0 Å². The topological polar surface area (TPSA) is 55.1 Å². The van der Waals surface area contributed by atoms with E-state index in [1.54, 1.807) is 0 Å². The molecule has 0 bridgehead atoms. The lowest BCUT2D eigenvalue weighted by molar-refractivity contribution is -0.120. The Kier molecular flexibility index (Phi) is 5.25. The summed E-state index contributed by atoms with van der Waals surface area (Å²) in [6.45, 7) is 2.83. The molecule has 6 heteroatoms. The first-order valence-electron chi connectivity index (χ1n) is 4.53. The number of nitrogens with two attached hydrogens (primary N) is 1. The average molecular weight is 356 g/mol. The number of nitrogens with one attached hydrogen (secondary N) is 1. The van der Waals surface area contributed by atoms with Crippen LogP contribution in [0.1, 0.15) is 24.3 Å². The molecule has 0 aromatic carbocycles. The van der Waals surface area contributed by atoms with E-state index in [1.165, 1.54) is 11.3 Å². The molecule has 1 rings (SSSR count). The van der Waals surface area contributed by atoms with Crippen LogP contribution in [0, 0.1) is 0 Å². The molecule has 0 fully saturated rings. The summed E-state index contributed by atoms with van der Waals surface area (Å²) in [7, 11) is 0. The molecule has 0 aliphatic heterocycles. The number of carbonyl (C=O) groups excluding carboxylic acids is 1. The van der Waals surface area contributed by atoms with Crippen LogP contribution in [0.3, 0.4) is 0 Å². The summed E-state index contributed by atoms with van der Waals surface area (Å²) in [6.07, 6.45) is 0.970. The minimum absolute atomic E-state index is 0.343. The highest BCUT2D eigenvalue weighted by atomic mass is 79.9. The number of rotatable bonds is 5. The van der Waals surface area contributed by atoms with Crippen molar-refractivity contribution in [3.8, 4) is 0 Å². The van der Waals surface area contributed by atoms with E-state index in [0.717, 1.165) is 26.1 Å². The van der Waals surface area contributed by atoms with Crippen molar-refractivity contribution in [2.24, 2.45) is 5.73 Å². The number of hydrogen-bond donors (Lipinski definition) is 2. The molecule has 1 unspecified atom stereocenters. The van der Waals surface area contributed by atoms with Crippen molar-refractivity contribution < 1.29 is 4.79 Å². The predicted molar refractivity (Wildman–Crippen MR) is 69.9 cm³/mol. The monoisotopic (exact) mass is 354 g/mol. The van der Waals surface area contributed by atoms with Crippen LogP contribution in [0.15, 0.2) is 14.3 Å². The Hall–Kier alpha value is 0.0900. The zero-order valence-corrected chi connectivity index (χ0v) is 12.2. The zero-order valence-electron chi connectivity index (χ0n) is 8.22. The molecule has 3 N–H and O–H groups in total. The molecule has 15 heavy (non-hydrogen) atoms. The van der Waals surface area contributed by atoms with Crippen molar-refractivity contribution in [3.05, 3.63) is 19.2 Å². The molecular formula is C9H12Br2N2OS. The van der Waals surface area contributed by atoms with Crippen LogP contribution in [0.25, 0.3) is 0 Å². The first-order valence-corrected chi connectivity index (χ1v) is 6.94. The number of hydrogen-bond acceptors (Lipinski definition) is 3. The highest BCUT2D eigenvalue weighted by molar-refractivity contribution is 9.13. The average Bonchev–Trinajstić information content (AvgIpc) is 2.47. The fourth-order valence-corrected chi connectivity index (χ4v) is 3.31. The molecule has 1 atom stereocenters. The highest BCUT2D eigenvalue weighted by Gasteiger charge is 2.20. The molecular weight excluding hydrogens is 344 g/mol. The molecule has 1 aromatic rings. The third-order valence-electron chi connectivity index (χ3n) is 1.83. The van der Waals surface area contributed by atoms with Gasteiger partial charge < -0.3 is 11.1 Å². The summed E-state index contributed by atoms with van der Waals surface area (Å²) < 4.78 is 1.93. The standard InChI is InChI=1S/C9H12Br2N2OS/c1-2-3-13-7(9(12)14)6-4-5(10)8(11)15-6/h4,7,13H,2-3H2,1H3,(H2,12,14). The Morgan fingerprint density at radius 3 is 2.73 bits per heavy atom. The third-order valence-corrected chi connectivity index (χ3v) is 5.15. The second kappa shape index (κ2) is 5.98. The Morgan fingerprint density at radius 2 is 2.33 bits per heavy atom. The van der Waals surface area contributed by atoms with Gasteiger partial charge in [-0.05, 0) is 50.9 Å². The van der Waals surface area contributed by atoms with Crippen molar-refractivity contribution in [3.63, 3.8) is 0 Å². The first-order chi connectivity index (χ1) is 7.06. The normalized spacial score (nSPS) is 12.7. The van der Waals surface area contributed by atoms with Gasteiger partial charge in [0.1, 0.15) is 6.04 Å². The van der Waals surface area contributed by atoms with Crippen LogP contribution < -0.4 is 11.1 Å². The van der Waals surface area contributed by atoms with Crippen LogP contribution in [0.2, 0.25) is 0 Å². The Balaban J connectivity index is 2.84. The predicted octanol–water partition coefficient (Wildman–Crippen LogP) is 2.80. The summed E-state index contributed by atoms with van der Waals surface area (Å²) in [4.78, 5) is 12.2. The molecule has 1 heterocycles. The molecule has 1 amide bonds. The quantitative estimate of drug-likeness (QED) is 0.853. The smallest absolute Gasteiger partial charge is 0.239 e. The van der Waals surface area contributed by atoms with Gasteiger partial charge in [-0.1, -0.05) is 6.92 Å². The van der Waals surface area contributed by atoms with Crippen LogP contribution in [0.5, 0.6) is 0 Å². The van der Waals surface area contributed by atoms with E-state index < -0.39 is 6.04 Å². The maximum Gasteiger partial charge on any atom is 0.239 e. The molecule has 0 spiro atoms. The highest BCUT2D eigenvalue weighted by Crippen LogP contribution is 2.35. The summed E-state index contributed by atoms with van der Waals surface area (Å²) in [5.41, 5.74) is 5.34. The zero-order chi connectivity index (χ0) is 11.4. The molecule has 84 valence electrons. The summed E-state index contributed by atoms with van der Waals surface area (Å²) in [5.74, 6) is -0.343. The summed E-state index contributed by atoms with van der Waals surface area (Å²) in [6, 6.07) is 1.52. The minimum Gasteiger partial charge on any atom is -0.368 e. The number of primary amides is 1. The van der Waals surface area contributed by atoms with Gasteiger partial charge in [-0.3, -0.25) is 4.79 Å². The number of halogens is 2. The largest absolute Gasteiger partial charge is 0.368 e. The van der Waals surface area contributed by atoms with Gasteiger partial charge in [0.15, 0.2) is 0 Å². The summed E-state index contributed by atoms with van der Waals surface area (Å²) in [5, 5.41) is 3.12. The van der Waals surface area contributed by atoms with Gasteiger partial charge in [-0.15, -0.1) is 11.3 Å². The minimum atomic E-state index is -0.391. The second-order valence-corrected chi connectivity index (χ2v) is 6.32. The van der Waals surface area contributed by atoms with Crippen LogP contribution in [-0.2, 0) is 4.79 Å². The molecule has 0 aliphatic rings. The van der Waals surface area contributed by atoms with Crippen molar-refractivity contribution in [1.29, 1.82) is 0 Å². The fourth-order valence-electron chi connectivity index (χ4n) is 1.14. The molecule has 1 aromatic heterocycles. The molecule has 0 saturated heterocycles. The van der Waals surface area contributed by atoms with Gasteiger partial charge in [0.05, 0.1) is 3.79 Å². The van der Waals surface area contributed by atoms with E-state index >= 15 is 0 Å². The van der Waals surface area contributed by atoms with Crippen molar-refractivity contribution >= 4 is 49.1 Å². The van der Waals surface area contributed by atoms with Gasteiger partial charge in [0.25, 0.3) is 0 Å². The van der Waals surface area contributed by atoms with Crippen molar-refractivity contribution in [2.45, 2.75) is 19.4 Å². The lowest BCUT2D eigenvalue weighted by Gasteiger charge is -2.12. The van der Waals surface area contributed by atoms with Gasteiger partial charge in [-0.2, -0.15) is 0 Å². The van der Waals surface area contributed by atoms with E-state index in [1.807, 2.05) is 13.0 Å². The maximum atomic E-state index is 11.3. The van der Waals surface area contributed by atoms with Gasteiger partial charge in [0.2, 0.25) is 5.91 Å². The molecule has 0 saturated carbocycles.